The quantitative estimate of drug-likeness (QED) is 0.825. The van der Waals surface area contributed by atoms with E-state index in [4.69, 9.17) is 5.73 Å². The zero-order chi connectivity index (χ0) is 12.5. The number of nitrogen functional groups attached to an aromatic ring is 1. The molecule has 2 unspecified atom stereocenters. The number of rotatable bonds is 2. The minimum atomic E-state index is 0.557. The van der Waals surface area contributed by atoms with Crippen molar-refractivity contribution in [3.63, 3.8) is 0 Å². The largest absolute Gasteiger partial charge is 0.397 e. The Morgan fingerprint density at radius 2 is 2.11 bits per heavy atom. The number of nitrogens with two attached hydrogens (primary N) is 1. The van der Waals surface area contributed by atoms with E-state index in [0.717, 1.165) is 15.8 Å². The van der Waals surface area contributed by atoms with Crippen LogP contribution in [0.4, 0.5) is 11.4 Å². The summed E-state index contributed by atoms with van der Waals surface area (Å²) in [5, 5.41) is 3.65. The van der Waals surface area contributed by atoms with Crippen molar-refractivity contribution < 1.29 is 0 Å². The number of fused-ring (bicyclic) bond motifs is 1. The molecule has 0 aromatic heterocycles. The second-order valence-electron chi connectivity index (χ2n) is 5.37. The molecule has 2 saturated heterocycles. The van der Waals surface area contributed by atoms with E-state index in [-0.39, 0.29) is 0 Å². The molecule has 2 heterocycles. The van der Waals surface area contributed by atoms with Gasteiger partial charge in [0.1, 0.15) is 0 Å². The maximum absolute atomic E-state index is 6.04. The Hall–Kier alpha value is -0.740. The molecule has 2 fully saturated rings. The highest BCUT2D eigenvalue weighted by Gasteiger charge is 2.35. The van der Waals surface area contributed by atoms with Crippen LogP contribution in [0.5, 0.6) is 0 Å². The molecule has 0 saturated carbocycles. The lowest BCUT2D eigenvalue weighted by atomic mass is 9.99. The summed E-state index contributed by atoms with van der Waals surface area (Å²) < 4.78 is 1.08. The van der Waals surface area contributed by atoms with E-state index in [9.17, 15) is 0 Å². The van der Waals surface area contributed by atoms with Gasteiger partial charge in [-0.2, -0.15) is 0 Å². The summed E-state index contributed by atoms with van der Waals surface area (Å²) in [5.41, 5.74) is 7.95. The van der Waals surface area contributed by atoms with Crippen LogP contribution in [0.15, 0.2) is 22.7 Å². The Kier molecular flexibility index (Phi) is 3.48. The lowest BCUT2D eigenvalue weighted by Gasteiger charge is -2.33. The molecule has 0 radical (unpaired) electrons. The van der Waals surface area contributed by atoms with E-state index in [2.05, 4.69) is 32.2 Å². The van der Waals surface area contributed by atoms with Gasteiger partial charge in [0, 0.05) is 23.1 Å². The van der Waals surface area contributed by atoms with Gasteiger partial charge in [0.2, 0.25) is 0 Å². The highest BCUT2D eigenvalue weighted by Crippen LogP contribution is 2.31. The van der Waals surface area contributed by atoms with Crippen LogP contribution in [0.1, 0.15) is 25.7 Å². The fourth-order valence-electron chi connectivity index (χ4n) is 3.27. The van der Waals surface area contributed by atoms with Crippen molar-refractivity contribution in [2.75, 3.05) is 24.1 Å². The van der Waals surface area contributed by atoms with Crippen LogP contribution < -0.4 is 11.1 Å². The predicted octanol–water partition coefficient (Wildman–Crippen LogP) is 3.07. The van der Waals surface area contributed by atoms with E-state index < -0.39 is 0 Å². The van der Waals surface area contributed by atoms with Crippen molar-refractivity contribution >= 4 is 27.3 Å². The van der Waals surface area contributed by atoms with Gasteiger partial charge in [0.15, 0.2) is 0 Å². The first-order valence-corrected chi connectivity index (χ1v) is 7.59. The van der Waals surface area contributed by atoms with Crippen LogP contribution in [0.3, 0.4) is 0 Å². The summed E-state index contributed by atoms with van der Waals surface area (Å²) >= 11 is 3.51. The van der Waals surface area contributed by atoms with Crippen LogP contribution in [-0.4, -0.2) is 30.1 Å². The van der Waals surface area contributed by atoms with Crippen LogP contribution in [0, 0.1) is 0 Å². The Morgan fingerprint density at radius 3 is 3.00 bits per heavy atom. The zero-order valence-electron chi connectivity index (χ0n) is 10.5. The molecule has 1 aromatic carbocycles. The number of benzene rings is 1. The van der Waals surface area contributed by atoms with Gasteiger partial charge in [0.25, 0.3) is 0 Å². The van der Waals surface area contributed by atoms with E-state index in [1.807, 2.05) is 12.1 Å². The van der Waals surface area contributed by atoms with E-state index in [0.29, 0.717) is 12.1 Å². The summed E-state index contributed by atoms with van der Waals surface area (Å²) in [4.78, 5) is 2.63. The minimum Gasteiger partial charge on any atom is -0.397 e. The highest BCUT2D eigenvalue weighted by molar-refractivity contribution is 9.10. The van der Waals surface area contributed by atoms with E-state index in [1.54, 1.807) is 0 Å². The van der Waals surface area contributed by atoms with Crippen molar-refractivity contribution in [3.05, 3.63) is 22.7 Å². The molecule has 4 heteroatoms. The molecule has 2 aliphatic heterocycles. The lowest BCUT2D eigenvalue weighted by molar-refractivity contribution is 0.193. The van der Waals surface area contributed by atoms with Crippen molar-refractivity contribution in [3.8, 4) is 0 Å². The van der Waals surface area contributed by atoms with Gasteiger partial charge in [-0.1, -0.05) is 22.4 Å². The molecule has 2 atom stereocenters. The fourth-order valence-corrected chi connectivity index (χ4v) is 3.63. The number of hydrogen-bond acceptors (Lipinski definition) is 3. The third-order valence-electron chi connectivity index (χ3n) is 4.21. The van der Waals surface area contributed by atoms with Crippen LogP contribution >= 0.6 is 15.9 Å². The second kappa shape index (κ2) is 5.10. The first kappa shape index (κ1) is 12.3. The first-order valence-electron chi connectivity index (χ1n) is 6.79. The van der Waals surface area contributed by atoms with E-state index in [1.165, 1.54) is 38.8 Å². The Morgan fingerprint density at radius 1 is 1.22 bits per heavy atom. The lowest BCUT2D eigenvalue weighted by Crippen LogP contribution is -2.41. The van der Waals surface area contributed by atoms with Gasteiger partial charge < -0.3 is 11.1 Å². The molecular weight excluding hydrogens is 290 g/mol. The summed E-state index contributed by atoms with van der Waals surface area (Å²) in [6.07, 6.45) is 5.29. The zero-order valence-corrected chi connectivity index (χ0v) is 12.1. The first-order chi connectivity index (χ1) is 8.74. The van der Waals surface area contributed by atoms with Crippen molar-refractivity contribution in [1.29, 1.82) is 0 Å². The number of anilines is 2. The maximum Gasteiger partial charge on any atom is 0.0587 e. The van der Waals surface area contributed by atoms with Gasteiger partial charge >= 0.3 is 0 Å². The highest BCUT2D eigenvalue weighted by atomic mass is 79.9. The molecule has 3 N–H and O–H groups in total. The normalized spacial score (nSPS) is 28.1. The molecule has 18 heavy (non-hydrogen) atoms. The van der Waals surface area contributed by atoms with Gasteiger partial charge in [-0.15, -0.1) is 0 Å². The van der Waals surface area contributed by atoms with E-state index >= 15 is 0 Å². The fraction of sp³-hybridized carbons (Fsp3) is 0.571. The minimum absolute atomic E-state index is 0.557. The SMILES string of the molecule is Nc1ccc(Br)cc1NC1CCN2CCCCC12. The number of nitrogens with zero attached hydrogens (tertiary/aromatic N) is 1. The molecule has 0 spiro atoms. The molecule has 3 rings (SSSR count). The van der Waals surface area contributed by atoms with Crippen LogP contribution in [0.25, 0.3) is 0 Å². The summed E-state index contributed by atoms with van der Waals surface area (Å²) in [6.45, 7) is 2.51. The van der Waals surface area contributed by atoms with Gasteiger partial charge in [-0.25, -0.2) is 0 Å². The topological polar surface area (TPSA) is 41.3 Å². The molecule has 0 aliphatic carbocycles. The molecular formula is C14H20BrN3. The van der Waals surface area contributed by atoms with Gasteiger partial charge in [-0.05, 0) is 44.0 Å². The number of hydrogen-bond donors (Lipinski definition) is 2. The van der Waals surface area contributed by atoms with Crippen LogP contribution in [-0.2, 0) is 0 Å². The smallest absolute Gasteiger partial charge is 0.0587 e. The molecule has 0 amide bonds. The average molecular weight is 310 g/mol. The summed E-state index contributed by atoms with van der Waals surface area (Å²) in [5.74, 6) is 0. The van der Waals surface area contributed by atoms with Crippen molar-refractivity contribution in [2.24, 2.45) is 0 Å². The van der Waals surface area contributed by atoms with Gasteiger partial charge in [0.05, 0.1) is 11.4 Å². The standard InChI is InChI=1S/C14H20BrN3/c15-10-4-5-11(16)13(9-10)17-12-6-8-18-7-2-1-3-14(12)18/h4-5,9,12,14,17H,1-3,6-8,16H2. The predicted molar refractivity (Wildman–Crippen MR) is 79.8 cm³/mol. The molecule has 98 valence electrons. The third-order valence-corrected chi connectivity index (χ3v) is 4.71. The number of piperidine rings is 1. The molecule has 1 aromatic rings. The maximum atomic E-state index is 6.04. The molecule has 3 nitrogen and oxygen atoms in total. The molecule has 0 bridgehead atoms. The Labute approximate surface area is 117 Å². The number of halogens is 1. The van der Waals surface area contributed by atoms with Crippen molar-refractivity contribution in [2.45, 2.75) is 37.8 Å². The average Bonchev–Trinajstić information content (AvgIpc) is 2.78. The summed E-state index contributed by atoms with van der Waals surface area (Å²) in [6, 6.07) is 7.29. The summed E-state index contributed by atoms with van der Waals surface area (Å²) in [7, 11) is 0. The van der Waals surface area contributed by atoms with Crippen molar-refractivity contribution in [1.82, 2.24) is 4.90 Å². The Balaban J connectivity index is 1.74. The molecule has 2 aliphatic rings. The van der Waals surface area contributed by atoms with Gasteiger partial charge in [-0.3, -0.25) is 4.90 Å². The monoisotopic (exact) mass is 309 g/mol. The number of nitrogens with one attached hydrogen (secondary N) is 1. The Bertz CT molecular complexity index is 435. The van der Waals surface area contributed by atoms with Crippen LogP contribution in [0.2, 0.25) is 0 Å². The second-order valence-corrected chi connectivity index (χ2v) is 6.29. The third kappa shape index (κ3) is 2.36.